The molecule has 0 fully saturated rings. The molecule has 0 aliphatic heterocycles. The normalized spacial score (nSPS) is 9.94. The van der Waals surface area contributed by atoms with Gasteiger partial charge in [-0.3, -0.25) is 0 Å². The molecule has 0 rings (SSSR count). The molecule has 0 saturated carbocycles. The predicted molar refractivity (Wildman–Crippen MR) is 82.2 cm³/mol. The molecule has 0 aliphatic rings. The molecule has 0 aromatic heterocycles. The van der Waals surface area contributed by atoms with Crippen LogP contribution in [0.25, 0.3) is 0 Å². The highest BCUT2D eigenvalue weighted by Crippen LogP contribution is 1.88. The molecule has 16 heavy (non-hydrogen) atoms. The summed E-state index contributed by atoms with van der Waals surface area (Å²) in [5, 5.41) is 0. The summed E-state index contributed by atoms with van der Waals surface area (Å²) in [6, 6.07) is 2.62. The molecule has 6 radical (unpaired) electrons. The summed E-state index contributed by atoms with van der Waals surface area (Å²) in [5.74, 6) is 0. The Morgan fingerprint density at radius 2 is 2.06 bits per heavy atom. The second-order valence-corrected chi connectivity index (χ2v) is 9.92. The molecular weight excluding hydrogens is 243 g/mol. The van der Waals surface area contributed by atoms with Gasteiger partial charge < -0.3 is 4.43 Å². The van der Waals surface area contributed by atoms with Gasteiger partial charge in [-0.1, -0.05) is 31.8 Å². The maximum absolute atomic E-state index is 5.48. The zero-order chi connectivity index (χ0) is 12.8. The van der Waals surface area contributed by atoms with Crippen LogP contribution in [0.3, 0.4) is 0 Å². The van der Waals surface area contributed by atoms with Crippen LogP contribution in [0.15, 0.2) is 12.3 Å². The van der Waals surface area contributed by atoms with E-state index >= 15 is 0 Å². The van der Waals surface area contributed by atoms with Crippen molar-refractivity contribution in [3.63, 3.8) is 0 Å². The topological polar surface area (TPSA) is 9.23 Å². The van der Waals surface area contributed by atoms with E-state index in [1.807, 2.05) is 5.70 Å². The van der Waals surface area contributed by atoms with Crippen molar-refractivity contribution in [3.8, 4) is 0 Å². The Morgan fingerprint density at radius 3 is 2.44 bits per heavy atom. The number of rotatable bonds is 8. The fourth-order valence-corrected chi connectivity index (χ4v) is 3.54. The molecule has 0 spiro atoms. The van der Waals surface area contributed by atoms with Gasteiger partial charge in [-0.15, -0.1) is 6.58 Å². The van der Waals surface area contributed by atoms with Crippen LogP contribution in [0.5, 0.6) is 0 Å². The van der Waals surface area contributed by atoms with Crippen molar-refractivity contribution >= 4 is 34.6 Å². The highest BCUT2D eigenvalue weighted by atomic mass is 28.3. The predicted octanol–water partition coefficient (Wildman–Crippen LogP) is 3.10. The van der Waals surface area contributed by atoms with E-state index < -0.39 is 9.04 Å². The molecular formula is C11H25BOSi3. The van der Waals surface area contributed by atoms with E-state index in [-0.39, 0.29) is 8.80 Å². The molecule has 0 atom stereocenters. The maximum Gasteiger partial charge on any atom is 0.234 e. The number of hydrogen-bond acceptors (Lipinski definition) is 1. The standard InChI is InChI=1S/C6H14OSi2.C5H11BSi/c1-5-9(4)7-6-8(2)3;1-3-7-5-4-6-2/h5H,1,6H2,2-4H3;4H,3,5H2,1-2H3. The monoisotopic (exact) mass is 268 g/mol. The van der Waals surface area contributed by atoms with E-state index in [1.54, 1.807) is 0 Å². The van der Waals surface area contributed by atoms with E-state index in [0.29, 0.717) is 0 Å². The molecule has 0 heterocycles. The highest BCUT2D eigenvalue weighted by molar-refractivity contribution is 6.60. The smallest absolute Gasteiger partial charge is 0.234 e. The van der Waals surface area contributed by atoms with Crippen LogP contribution < -0.4 is 0 Å². The molecule has 0 aliphatic carbocycles. The molecule has 0 saturated heterocycles. The first kappa shape index (κ1) is 18.6. The van der Waals surface area contributed by atoms with E-state index in [2.05, 4.69) is 53.6 Å². The first-order chi connectivity index (χ1) is 7.58. The fourth-order valence-electron chi connectivity index (χ4n) is 0.663. The van der Waals surface area contributed by atoms with Crippen molar-refractivity contribution in [2.24, 2.45) is 0 Å². The minimum absolute atomic E-state index is 0.184. The van der Waals surface area contributed by atoms with Crippen LogP contribution in [-0.2, 0) is 4.43 Å². The molecule has 0 N–H and O–H groups in total. The van der Waals surface area contributed by atoms with Crippen molar-refractivity contribution in [2.45, 2.75) is 45.5 Å². The summed E-state index contributed by atoms with van der Waals surface area (Å²) in [4.78, 5) is 0. The van der Waals surface area contributed by atoms with Crippen molar-refractivity contribution in [1.82, 2.24) is 0 Å². The molecule has 0 unspecified atom stereocenters. The third kappa shape index (κ3) is 19.8. The fraction of sp³-hybridized carbons (Fsp3) is 0.727. The van der Waals surface area contributed by atoms with Gasteiger partial charge in [0.1, 0.15) is 0 Å². The Balaban J connectivity index is 0. The summed E-state index contributed by atoms with van der Waals surface area (Å²) in [5.41, 5.74) is 1.93. The van der Waals surface area contributed by atoms with Gasteiger partial charge >= 0.3 is 0 Å². The molecule has 0 aromatic rings. The van der Waals surface area contributed by atoms with Crippen LogP contribution in [0.2, 0.25) is 38.6 Å². The van der Waals surface area contributed by atoms with E-state index in [1.165, 1.54) is 12.1 Å². The Bertz CT molecular complexity index is 141. The molecule has 0 bridgehead atoms. The van der Waals surface area contributed by atoms with Gasteiger partial charge in [0, 0.05) is 12.3 Å². The van der Waals surface area contributed by atoms with E-state index in [9.17, 15) is 0 Å². The van der Waals surface area contributed by atoms with Gasteiger partial charge in [0.05, 0.1) is 18.3 Å². The third-order valence-electron chi connectivity index (χ3n) is 1.62. The molecule has 5 heteroatoms. The summed E-state index contributed by atoms with van der Waals surface area (Å²) in [7, 11) is 2.43. The first-order valence-corrected chi connectivity index (χ1v) is 11.9. The summed E-state index contributed by atoms with van der Waals surface area (Å²) < 4.78 is 5.48. The summed E-state index contributed by atoms with van der Waals surface area (Å²) in [6.07, 6.45) is 3.20. The Morgan fingerprint density at radius 1 is 1.44 bits per heavy atom. The quantitative estimate of drug-likeness (QED) is 0.373. The van der Waals surface area contributed by atoms with Gasteiger partial charge in [-0.2, -0.15) is 13.1 Å². The van der Waals surface area contributed by atoms with Crippen LogP contribution >= 0.6 is 0 Å². The maximum atomic E-state index is 5.48. The van der Waals surface area contributed by atoms with E-state index in [0.717, 1.165) is 15.7 Å². The van der Waals surface area contributed by atoms with Gasteiger partial charge in [-0.05, 0) is 13.8 Å². The minimum Gasteiger partial charge on any atom is -0.416 e. The SMILES string of the molecule is C=C[Si](C)OC[Si](C)C.C[B-][CH+]C[Si]CC. The van der Waals surface area contributed by atoms with Crippen molar-refractivity contribution in [1.29, 1.82) is 0 Å². The Labute approximate surface area is 109 Å². The van der Waals surface area contributed by atoms with Gasteiger partial charge in [0.2, 0.25) is 9.04 Å². The lowest BCUT2D eigenvalue weighted by Gasteiger charge is -2.06. The third-order valence-corrected chi connectivity index (χ3v) is 4.83. The van der Waals surface area contributed by atoms with E-state index in [4.69, 9.17) is 4.43 Å². The van der Waals surface area contributed by atoms with Crippen LogP contribution in [0.1, 0.15) is 6.92 Å². The second kappa shape index (κ2) is 15.3. The Kier molecular flexibility index (Phi) is 17.8. The second-order valence-electron chi connectivity index (χ2n) is 3.69. The zero-order valence-electron chi connectivity index (χ0n) is 11.5. The van der Waals surface area contributed by atoms with Crippen LogP contribution in [0, 0.1) is 6.32 Å². The van der Waals surface area contributed by atoms with Gasteiger partial charge in [-0.25, -0.2) is 0 Å². The highest BCUT2D eigenvalue weighted by Gasteiger charge is 2.01. The Hall–Kier alpha value is 0.286. The largest absolute Gasteiger partial charge is 0.416 e. The van der Waals surface area contributed by atoms with Crippen LogP contribution in [-0.4, -0.2) is 40.9 Å². The van der Waals surface area contributed by atoms with Crippen molar-refractivity contribution in [3.05, 3.63) is 18.6 Å². The van der Waals surface area contributed by atoms with Crippen molar-refractivity contribution < 1.29 is 4.43 Å². The zero-order valence-corrected chi connectivity index (χ0v) is 14.5. The lowest BCUT2D eigenvalue weighted by molar-refractivity contribution is 0.398. The lowest BCUT2D eigenvalue weighted by Crippen LogP contribution is -2.19. The van der Waals surface area contributed by atoms with Gasteiger partial charge in [0.25, 0.3) is 0 Å². The average molecular weight is 268 g/mol. The van der Waals surface area contributed by atoms with Crippen LogP contribution in [0.4, 0.5) is 0 Å². The summed E-state index contributed by atoms with van der Waals surface area (Å²) >= 11 is 0. The van der Waals surface area contributed by atoms with Crippen molar-refractivity contribution in [2.75, 3.05) is 6.23 Å². The minimum atomic E-state index is -0.635. The first-order valence-electron chi connectivity index (χ1n) is 5.78. The molecule has 0 amide bonds. The van der Waals surface area contributed by atoms with Gasteiger partial charge in [0.15, 0.2) is 0 Å². The number of hydrogen-bond donors (Lipinski definition) is 0. The summed E-state index contributed by atoms with van der Waals surface area (Å²) in [6.45, 7) is 14.6. The lowest BCUT2D eigenvalue weighted by atomic mass is 9.79. The average Bonchev–Trinajstić information content (AvgIpc) is 2.27. The molecule has 90 valence electrons. The molecule has 0 aromatic carbocycles. The molecule has 1 nitrogen and oxygen atoms in total.